The molecular formula is C104H67BrN6S2. The molecule has 532 valence electrons. The lowest BCUT2D eigenvalue weighted by molar-refractivity contribution is 1.13. The maximum Gasteiger partial charge on any atom is 0.0784 e. The van der Waals surface area contributed by atoms with E-state index in [-0.39, 0.29) is 0 Å². The number of rotatable bonds is 9. The molecule has 0 amide bonds. The van der Waals surface area contributed by atoms with Crippen LogP contribution in [0, 0.1) is 0 Å². The number of H-pyrrole nitrogens is 1. The molecule has 0 atom stereocenters. The Balaban J connectivity index is 0.000000120. The lowest BCUT2D eigenvalue weighted by Gasteiger charge is -2.27. The van der Waals surface area contributed by atoms with Crippen molar-refractivity contribution in [3.8, 4) is 17.1 Å². The molecule has 0 aliphatic rings. The van der Waals surface area contributed by atoms with E-state index in [4.69, 9.17) is 0 Å². The molecule has 9 heteroatoms. The van der Waals surface area contributed by atoms with Crippen LogP contribution in [0.2, 0.25) is 0 Å². The number of nitrogens with zero attached hydrogens (tertiary/aromatic N) is 5. The molecule has 6 aromatic heterocycles. The first kappa shape index (κ1) is 66.2. The van der Waals surface area contributed by atoms with Crippen molar-refractivity contribution in [3.63, 3.8) is 0 Å². The zero-order chi connectivity index (χ0) is 74.6. The van der Waals surface area contributed by atoms with Gasteiger partial charge in [-0.25, -0.2) is 0 Å². The van der Waals surface area contributed by atoms with Gasteiger partial charge in [0.15, 0.2) is 0 Å². The second-order valence-corrected chi connectivity index (χ2v) is 32.0. The number of para-hydroxylation sites is 8. The highest BCUT2D eigenvalue weighted by molar-refractivity contribution is 9.10. The Labute approximate surface area is 667 Å². The van der Waals surface area contributed by atoms with Crippen LogP contribution in [0.5, 0.6) is 0 Å². The lowest BCUT2D eigenvalue weighted by atomic mass is 10.0. The summed E-state index contributed by atoms with van der Waals surface area (Å²) in [4.78, 5) is 8.55. The number of halogens is 1. The van der Waals surface area contributed by atoms with Gasteiger partial charge in [-0.2, -0.15) is 0 Å². The number of nitrogens with one attached hydrogen (secondary N) is 1. The summed E-state index contributed by atoms with van der Waals surface area (Å²) in [5.74, 6) is 0. The molecule has 18 aromatic carbocycles. The Morgan fingerprint density at radius 2 is 0.628 bits per heavy atom. The van der Waals surface area contributed by atoms with Crippen LogP contribution in [0.3, 0.4) is 0 Å². The smallest absolute Gasteiger partial charge is 0.0784 e. The van der Waals surface area contributed by atoms with Gasteiger partial charge in [0.2, 0.25) is 0 Å². The summed E-state index contributed by atoms with van der Waals surface area (Å²) in [6, 6.07) is 145. The minimum Gasteiger partial charge on any atom is -0.353 e. The number of hydrogen-bond donors (Lipinski definition) is 1. The van der Waals surface area contributed by atoms with Gasteiger partial charge in [-0.05, 0) is 167 Å². The zero-order valence-corrected chi connectivity index (χ0v) is 64.3. The van der Waals surface area contributed by atoms with Crippen LogP contribution in [0.25, 0.3) is 166 Å². The summed E-state index contributed by atoms with van der Waals surface area (Å²) >= 11 is 7.21. The minimum atomic E-state index is 1.10. The third-order valence-electron chi connectivity index (χ3n) is 22.5. The highest BCUT2D eigenvalue weighted by atomic mass is 79.9. The Hall–Kier alpha value is -13.8. The average molecular weight is 1540 g/mol. The summed E-state index contributed by atoms with van der Waals surface area (Å²) in [5.41, 5.74) is 19.4. The predicted molar refractivity (Wildman–Crippen MR) is 490 cm³/mol. The van der Waals surface area contributed by atoms with Gasteiger partial charge in [0.25, 0.3) is 0 Å². The number of thiophene rings is 2. The van der Waals surface area contributed by atoms with Crippen LogP contribution in [-0.2, 0) is 0 Å². The minimum absolute atomic E-state index is 1.10. The fourth-order valence-corrected chi connectivity index (χ4v) is 20.4. The monoisotopic (exact) mass is 1540 g/mol. The van der Waals surface area contributed by atoms with Crippen LogP contribution < -0.4 is 9.80 Å². The summed E-state index contributed by atoms with van der Waals surface area (Å²) in [6.45, 7) is 0. The molecule has 0 fully saturated rings. The van der Waals surface area contributed by atoms with Gasteiger partial charge in [0.1, 0.15) is 0 Å². The molecule has 6 heterocycles. The molecule has 0 saturated heterocycles. The van der Waals surface area contributed by atoms with Crippen LogP contribution in [-0.4, -0.2) is 18.7 Å². The van der Waals surface area contributed by atoms with Crippen LogP contribution >= 0.6 is 38.6 Å². The van der Waals surface area contributed by atoms with Crippen LogP contribution in [0.15, 0.2) is 405 Å². The molecule has 113 heavy (non-hydrogen) atoms. The van der Waals surface area contributed by atoms with Gasteiger partial charge in [0, 0.05) is 133 Å². The summed E-state index contributed by atoms with van der Waals surface area (Å²) in [7, 11) is 0. The third kappa shape index (κ3) is 11.1. The zero-order valence-electron chi connectivity index (χ0n) is 61.0. The number of anilines is 6. The second-order valence-electron chi connectivity index (χ2n) is 28.9. The number of aromatic nitrogens is 4. The molecule has 24 aromatic rings. The van der Waals surface area contributed by atoms with E-state index < -0.39 is 0 Å². The van der Waals surface area contributed by atoms with E-state index >= 15 is 0 Å². The van der Waals surface area contributed by atoms with Crippen molar-refractivity contribution in [2.24, 2.45) is 0 Å². The highest BCUT2D eigenvalue weighted by Gasteiger charge is 2.27. The van der Waals surface area contributed by atoms with E-state index in [2.05, 4.69) is 445 Å². The third-order valence-corrected chi connectivity index (χ3v) is 25.2. The van der Waals surface area contributed by atoms with E-state index in [9.17, 15) is 0 Å². The van der Waals surface area contributed by atoms with Gasteiger partial charge in [-0.1, -0.05) is 271 Å². The number of benzene rings is 18. The topological polar surface area (TPSA) is 37.1 Å². The molecule has 0 radical (unpaired) electrons. The van der Waals surface area contributed by atoms with Crippen molar-refractivity contribution in [3.05, 3.63) is 405 Å². The van der Waals surface area contributed by atoms with Crippen molar-refractivity contribution in [2.75, 3.05) is 9.80 Å². The SMILES string of the molecule is Brc1ccc2c(c1)sc1ccccc12.c1ccc(N(c2ccccc2)c2cc(-n3c4ccccc4c4c5ccccc5ccc43)c3[nH]c4ccccc4c3c2)cc1.c1ccc(N(c2ccccc2)c2cc(-n3c4ccccc4c4c5ccccc5ccc43)c3c(c2)c2ccccc2n3-c2ccc3c(c2)sc2ccccc23)cc1. The Bertz CT molecular complexity index is 7770. The van der Waals surface area contributed by atoms with Gasteiger partial charge < -0.3 is 28.5 Å². The van der Waals surface area contributed by atoms with Crippen LogP contribution in [0.4, 0.5) is 34.1 Å². The van der Waals surface area contributed by atoms with Crippen molar-refractivity contribution in [1.29, 1.82) is 0 Å². The maximum absolute atomic E-state index is 3.81. The molecule has 1 N–H and O–H groups in total. The number of fused-ring (bicyclic) bond motifs is 22. The second kappa shape index (κ2) is 27.3. The number of aromatic amines is 1. The average Bonchev–Trinajstić information content (AvgIpc) is 1.56. The molecule has 6 nitrogen and oxygen atoms in total. The van der Waals surface area contributed by atoms with Gasteiger partial charge in [-0.3, -0.25) is 0 Å². The largest absolute Gasteiger partial charge is 0.353 e. The van der Waals surface area contributed by atoms with Crippen molar-refractivity contribution in [1.82, 2.24) is 18.7 Å². The van der Waals surface area contributed by atoms with Gasteiger partial charge in [-0.15, -0.1) is 22.7 Å². The standard InChI is InChI=1S/C52H33N3S.C40H27N3.C12H7BrS/c1-3-16-35(17-4-1)53(36-18-5-2-6-19-36)38-31-44-40-21-9-12-24-45(40)54(37-28-29-42-41-22-11-14-26-49(41)56-50(42)33-37)52(44)48(32-38)55-46-25-13-10-23-43(46)51-39-20-8-7-15-34(39)27-30-47(51)55;1-3-14-28(15-4-1)42(29-16-5-2-6-17-29)30-25-34-32-19-9-11-21-35(32)41-40(34)38(26-30)43-36-22-12-10-20-33(36)39-31-18-8-7-13-27(31)23-24-37(39)43;13-8-5-6-10-9-3-1-2-4-11(9)14-12(10)7-8/h1-33H;1-26,41H;1-7H. The van der Waals surface area contributed by atoms with E-state index in [1.54, 1.807) is 0 Å². The predicted octanol–water partition coefficient (Wildman–Crippen LogP) is 30.7. The number of hydrogen-bond acceptors (Lipinski definition) is 4. The van der Waals surface area contributed by atoms with Crippen molar-refractivity contribution >= 4 is 222 Å². The first-order valence-corrected chi connectivity index (χ1v) is 40.7. The normalized spacial score (nSPS) is 11.8. The van der Waals surface area contributed by atoms with E-state index in [1.165, 1.54) is 138 Å². The maximum atomic E-state index is 3.81. The molecule has 0 spiro atoms. The summed E-state index contributed by atoms with van der Waals surface area (Å²) in [6.07, 6.45) is 0. The first-order chi connectivity index (χ1) is 56.0. The summed E-state index contributed by atoms with van der Waals surface area (Å²) < 4.78 is 13.9. The quantitative estimate of drug-likeness (QED) is 0.156. The first-order valence-electron chi connectivity index (χ1n) is 38.2. The Morgan fingerprint density at radius 3 is 1.16 bits per heavy atom. The molecule has 0 saturated carbocycles. The van der Waals surface area contributed by atoms with E-state index in [0.29, 0.717) is 0 Å². The van der Waals surface area contributed by atoms with Crippen molar-refractivity contribution in [2.45, 2.75) is 0 Å². The lowest BCUT2D eigenvalue weighted by Crippen LogP contribution is -2.11. The molecular weight excluding hydrogens is 1480 g/mol. The summed E-state index contributed by atoms with van der Waals surface area (Å²) in [5, 5.41) is 20.2. The van der Waals surface area contributed by atoms with Crippen LogP contribution in [0.1, 0.15) is 0 Å². The molecule has 0 bridgehead atoms. The highest BCUT2D eigenvalue weighted by Crippen LogP contribution is 2.49. The van der Waals surface area contributed by atoms with Crippen molar-refractivity contribution < 1.29 is 0 Å². The van der Waals surface area contributed by atoms with E-state index in [0.717, 1.165) is 66.7 Å². The van der Waals surface area contributed by atoms with Gasteiger partial charge in [0.05, 0.1) is 50.0 Å². The Morgan fingerprint density at radius 1 is 0.239 bits per heavy atom. The fraction of sp³-hybridized carbons (Fsp3) is 0. The molecule has 0 aliphatic heterocycles. The fourth-order valence-electron chi connectivity index (χ4n) is 17.6. The molecule has 24 rings (SSSR count). The van der Waals surface area contributed by atoms with E-state index in [1.807, 2.05) is 22.7 Å². The molecule has 0 unspecified atom stereocenters. The van der Waals surface area contributed by atoms with Gasteiger partial charge >= 0.3 is 0 Å². The Kier molecular flexibility index (Phi) is 16.0. The molecule has 0 aliphatic carbocycles.